The van der Waals surface area contributed by atoms with Gasteiger partial charge in [0.1, 0.15) is 11.6 Å². The average molecular weight is 195 g/mol. The highest BCUT2D eigenvalue weighted by molar-refractivity contribution is 5.79. The minimum atomic E-state index is -1.67. The average Bonchev–Trinajstić information content (AvgIpc) is 2.17. The molecule has 0 fully saturated rings. The number of benzene rings is 1. The van der Waals surface area contributed by atoms with E-state index in [-0.39, 0.29) is 0 Å². The van der Waals surface area contributed by atoms with Gasteiger partial charge in [0.15, 0.2) is 0 Å². The van der Waals surface area contributed by atoms with Crippen LogP contribution < -0.4 is 5.73 Å². The number of carbonyl (C=O) groups is 1. The maximum absolute atomic E-state index is 10.8. The van der Waals surface area contributed by atoms with Gasteiger partial charge < -0.3 is 15.9 Å². The fraction of sp³-hybridized carbons (Fsp3) is 0.300. The fourth-order valence-electron chi connectivity index (χ4n) is 1.10. The summed E-state index contributed by atoms with van der Waals surface area (Å²) >= 11 is 0. The van der Waals surface area contributed by atoms with Gasteiger partial charge in [-0.05, 0) is 12.5 Å². The molecule has 0 bridgehead atoms. The lowest BCUT2D eigenvalue weighted by Gasteiger charge is -2.25. The zero-order valence-electron chi connectivity index (χ0n) is 7.84. The van der Waals surface area contributed by atoms with Crippen molar-refractivity contribution in [2.75, 3.05) is 0 Å². The molecular weight excluding hydrogens is 182 g/mol. The van der Waals surface area contributed by atoms with Crippen molar-refractivity contribution in [1.82, 2.24) is 0 Å². The third-order valence-corrected chi connectivity index (χ3v) is 2.14. The van der Waals surface area contributed by atoms with Crippen molar-refractivity contribution in [2.24, 2.45) is 5.73 Å². The van der Waals surface area contributed by atoms with Gasteiger partial charge in [0, 0.05) is 0 Å². The van der Waals surface area contributed by atoms with Gasteiger partial charge in [-0.2, -0.15) is 0 Å². The van der Waals surface area contributed by atoms with Crippen LogP contribution in [0.1, 0.15) is 18.6 Å². The first-order valence-electron chi connectivity index (χ1n) is 4.21. The SMILES string of the molecule is C[C@](N)(C(=O)O)[C@@H](O)c1ccccc1. The molecule has 4 heteroatoms. The highest BCUT2D eigenvalue weighted by Crippen LogP contribution is 2.23. The van der Waals surface area contributed by atoms with E-state index in [1.54, 1.807) is 30.3 Å². The van der Waals surface area contributed by atoms with Gasteiger partial charge in [-0.15, -0.1) is 0 Å². The van der Waals surface area contributed by atoms with Crippen molar-refractivity contribution in [1.29, 1.82) is 0 Å². The first kappa shape index (κ1) is 10.7. The van der Waals surface area contributed by atoms with E-state index < -0.39 is 17.6 Å². The second-order valence-electron chi connectivity index (χ2n) is 3.40. The first-order chi connectivity index (χ1) is 6.46. The van der Waals surface area contributed by atoms with E-state index in [1.165, 1.54) is 6.92 Å². The Bertz CT molecular complexity index is 321. The van der Waals surface area contributed by atoms with Crippen LogP contribution in [0, 0.1) is 0 Å². The molecule has 4 nitrogen and oxygen atoms in total. The van der Waals surface area contributed by atoms with Crippen LogP contribution in [0.25, 0.3) is 0 Å². The van der Waals surface area contributed by atoms with E-state index in [9.17, 15) is 9.90 Å². The van der Waals surface area contributed by atoms with E-state index in [4.69, 9.17) is 10.8 Å². The van der Waals surface area contributed by atoms with Crippen LogP contribution in [-0.2, 0) is 4.79 Å². The lowest BCUT2D eigenvalue weighted by molar-refractivity contribution is -0.147. The molecule has 0 saturated carbocycles. The predicted molar refractivity (Wildman–Crippen MR) is 51.6 cm³/mol. The number of carboxylic acids is 1. The Morgan fingerprint density at radius 3 is 2.36 bits per heavy atom. The first-order valence-corrected chi connectivity index (χ1v) is 4.21. The van der Waals surface area contributed by atoms with E-state index in [0.717, 1.165) is 0 Å². The van der Waals surface area contributed by atoms with Crippen molar-refractivity contribution >= 4 is 5.97 Å². The summed E-state index contributed by atoms with van der Waals surface area (Å²) in [5, 5.41) is 18.5. The molecule has 76 valence electrons. The predicted octanol–water partition coefficient (Wildman–Crippen LogP) is 0.522. The molecule has 0 aliphatic carbocycles. The van der Waals surface area contributed by atoms with Crippen LogP contribution in [0.15, 0.2) is 30.3 Å². The van der Waals surface area contributed by atoms with Crippen molar-refractivity contribution < 1.29 is 15.0 Å². The topological polar surface area (TPSA) is 83.6 Å². The van der Waals surface area contributed by atoms with Crippen LogP contribution in [0.4, 0.5) is 0 Å². The Labute approximate surface area is 82.0 Å². The Hall–Kier alpha value is -1.39. The van der Waals surface area contributed by atoms with Crippen molar-refractivity contribution in [3.8, 4) is 0 Å². The number of aliphatic carboxylic acids is 1. The van der Waals surface area contributed by atoms with Crippen LogP contribution >= 0.6 is 0 Å². The summed E-state index contributed by atoms with van der Waals surface area (Å²) in [6, 6.07) is 8.50. The second kappa shape index (κ2) is 3.77. The molecule has 0 amide bonds. The lowest BCUT2D eigenvalue weighted by Crippen LogP contribution is -2.50. The minimum absolute atomic E-state index is 0.500. The largest absolute Gasteiger partial charge is 0.480 e. The zero-order chi connectivity index (χ0) is 10.8. The summed E-state index contributed by atoms with van der Waals surface area (Å²) in [4.78, 5) is 10.8. The minimum Gasteiger partial charge on any atom is -0.480 e. The van der Waals surface area contributed by atoms with Gasteiger partial charge in [0.05, 0.1) is 0 Å². The Balaban J connectivity index is 2.96. The number of carboxylic acid groups (broad SMARTS) is 1. The van der Waals surface area contributed by atoms with Crippen molar-refractivity contribution in [2.45, 2.75) is 18.6 Å². The smallest absolute Gasteiger partial charge is 0.326 e. The van der Waals surface area contributed by atoms with Gasteiger partial charge in [-0.1, -0.05) is 30.3 Å². The molecule has 14 heavy (non-hydrogen) atoms. The third kappa shape index (κ3) is 1.92. The Morgan fingerprint density at radius 2 is 1.93 bits per heavy atom. The number of hydrogen-bond donors (Lipinski definition) is 3. The van der Waals surface area contributed by atoms with Gasteiger partial charge in [0.2, 0.25) is 0 Å². The van der Waals surface area contributed by atoms with Gasteiger partial charge >= 0.3 is 5.97 Å². The molecular formula is C10H13NO3. The molecule has 1 aromatic rings. The summed E-state index contributed by atoms with van der Waals surface area (Å²) in [5.41, 5.74) is 4.32. The number of aliphatic hydroxyl groups is 1. The molecule has 1 rings (SSSR count). The van der Waals surface area contributed by atoms with Crippen LogP contribution in [-0.4, -0.2) is 21.7 Å². The summed E-state index contributed by atoms with van der Waals surface area (Å²) in [5.74, 6) is -1.23. The lowest BCUT2D eigenvalue weighted by atomic mass is 9.91. The summed E-state index contributed by atoms with van der Waals surface area (Å²) < 4.78 is 0. The summed E-state index contributed by atoms with van der Waals surface area (Å²) in [6.07, 6.45) is -1.21. The molecule has 0 aliphatic heterocycles. The van der Waals surface area contributed by atoms with Gasteiger partial charge in [0.25, 0.3) is 0 Å². The molecule has 0 aromatic heterocycles. The normalized spacial score (nSPS) is 17.1. The van der Waals surface area contributed by atoms with E-state index >= 15 is 0 Å². The molecule has 0 heterocycles. The molecule has 0 saturated heterocycles. The Morgan fingerprint density at radius 1 is 1.43 bits per heavy atom. The standard InChI is InChI=1S/C10H13NO3/c1-10(11,9(13)14)8(12)7-5-3-2-4-6-7/h2-6,8,12H,11H2,1H3,(H,13,14)/t8-,10+/m0/s1. The highest BCUT2D eigenvalue weighted by atomic mass is 16.4. The van der Waals surface area contributed by atoms with Crippen molar-refractivity contribution in [3.05, 3.63) is 35.9 Å². The molecule has 0 unspecified atom stereocenters. The van der Waals surface area contributed by atoms with E-state index in [2.05, 4.69) is 0 Å². The van der Waals surface area contributed by atoms with Crippen molar-refractivity contribution in [3.63, 3.8) is 0 Å². The Kier molecular flexibility index (Phi) is 2.88. The summed E-state index contributed by atoms with van der Waals surface area (Å²) in [6.45, 7) is 1.28. The monoisotopic (exact) mass is 195 g/mol. The number of aliphatic hydroxyl groups excluding tert-OH is 1. The number of rotatable bonds is 3. The second-order valence-corrected chi connectivity index (χ2v) is 3.40. The fourth-order valence-corrected chi connectivity index (χ4v) is 1.10. The molecule has 0 radical (unpaired) electrons. The van der Waals surface area contributed by atoms with Crippen LogP contribution in [0.2, 0.25) is 0 Å². The van der Waals surface area contributed by atoms with Gasteiger partial charge in [-0.25, -0.2) is 0 Å². The van der Waals surface area contributed by atoms with Gasteiger partial charge in [-0.3, -0.25) is 4.79 Å². The summed E-state index contributed by atoms with van der Waals surface area (Å²) in [7, 11) is 0. The van der Waals surface area contributed by atoms with Crippen LogP contribution in [0.3, 0.4) is 0 Å². The maximum atomic E-state index is 10.8. The molecule has 4 N–H and O–H groups in total. The molecule has 1 aromatic carbocycles. The highest BCUT2D eigenvalue weighted by Gasteiger charge is 2.37. The molecule has 0 spiro atoms. The van der Waals surface area contributed by atoms with E-state index in [0.29, 0.717) is 5.56 Å². The van der Waals surface area contributed by atoms with E-state index in [1.807, 2.05) is 0 Å². The molecule has 2 atom stereocenters. The number of nitrogens with two attached hydrogens (primary N) is 1. The quantitative estimate of drug-likeness (QED) is 0.656. The molecule has 0 aliphatic rings. The zero-order valence-corrected chi connectivity index (χ0v) is 7.84. The number of hydrogen-bond acceptors (Lipinski definition) is 3. The van der Waals surface area contributed by atoms with Crippen LogP contribution in [0.5, 0.6) is 0 Å². The maximum Gasteiger partial charge on any atom is 0.326 e. The third-order valence-electron chi connectivity index (χ3n) is 2.14.